The van der Waals surface area contributed by atoms with Crippen LogP contribution in [0.15, 0.2) is 83.5 Å². The van der Waals surface area contributed by atoms with Gasteiger partial charge in [0.05, 0.1) is 28.3 Å². The van der Waals surface area contributed by atoms with Crippen molar-refractivity contribution in [3.63, 3.8) is 0 Å². The summed E-state index contributed by atoms with van der Waals surface area (Å²) in [5.74, 6) is -2.86. The fourth-order valence-electron chi connectivity index (χ4n) is 3.58. The maximum absolute atomic E-state index is 13.2. The van der Waals surface area contributed by atoms with Crippen LogP contribution in [0.5, 0.6) is 5.75 Å². The van der Waals surface area contributed by atoms with Gasteiger partial charge in [-0.2, -0.15) is 0 Å². The molecule has 0 bridgehead atoms. The summed E-state index contributed by atoms with van der Waals surface area (Å²) in [5.41, 5.74) is 0.223. The first-order chi connectivity index (χ1) is 18.7. The smallest absolute Gasteiger partial charge is 0.343 e. The Kier molecular flexibility index (Phi) is 8.01. The van der Waals surface area contributed by atoms with Gasteiger partial charge in [0.2, 0.25) is 0 Å². The van der Waals surface area contributed by atoms with Gasteiger partial charge in [-0.3, -0.25) is 19.7 Å². The molecule has 1 N–H and O–H groups in total. The maximum atomic E-state index is 13.2. The summed E-state index contributed by atoms with van der Waals surface area (Å²) < 4.78 is 10.4. The molecule has 0 spiro atoms. The lowest BCUT2D eigenvalue weighted by atomic mass is 10.1. The Bertz CT molecular complexity index is 1500. The molecular weight excluding hydrogens is 530 g/mol. The molecule has 1 aliphatic rings. The number of nitrogens with one attached hydrogen (secondary N) is 1. The standard InChI is InChI=1S/C27H20ClN3O8/c1-2-15-38-27(35)20-5-3-4-6-21(20)30-24(32)22(28)23(25(30)33)29-17-9-7-16(8-10-17)26(34)39-19-13-11-18(12-14-19)31(36)37/h3-14,29H,2,15H2,1H3. The predicted octanol–water partition coefficient (Wildman–Crippen LogP) is 4.82. The summed E-state index contributed by atoms with van der Waals surface area (Å²) in [4.78, 5) is 62.0. The molecule has 39 heavy (non-hydrogen) atoms. The van der Waals surface area contributed by atoms with Gasteiger partial charge in [-0.25, -0.2) is 14.5 Å². The van der Waals surface area contributed by atoms with E-state index in [0.717, 1.165) is 4.90 Å². The van der Waals surface area contributed by atoms with E-state index in [1.165, 1.54) is 60.7 Å². The maximum Gasteiger partial charge on any atom is 0.343 e. The first-order valence-electron chi connectivity index (χ1n) is 11.6. The van der Waals surface area contributed by atoms with E-state index in [2.05, 4.69) is 5.32 Å². The van der Waals surface area contributed by atoms with Crippen LogP contribution in [0.3, 0.4) is 0 Å². The Labute approximate surface area is 226 Å². The largest absolute Gasteiger partial charge is 0.462 e. The van der Waals surface area contributed by atoms with E-state index in [1.54, 1.807) is 12.1 Å². The molecule has 0 unspecified atom stereocenters. The third-order valence-electron chi connectivity index (χ3n) is 5.48. The van der Waals surface area contributed by atoms with Gasteiger partial charge >= 0.3 is 11.9 Å². The Morgan fingerprint density at radius 1 is 0.949 bits per heavy atom. The number of halogens is 1. The van der Waals surface area contributed by atoms with E-state index in [4.69, 9.17) is 21.1 Å². The molecule has 3 aromatic rings. The van der Waals surface area contributed by atoms with Gasteiger partial charge < -0.3 is 14.8 Å². The second kappa shape index (κ2) is 11.6. The Morgan fingerprint density at radius 2 is 1.62 bits per heavy atom. The van der Waals surface area contributed by atoms with Crippen molar-refractivity contribution in [1.82, 2.24) is 0 Å². The number of nitrogens with zero attached hydrogens (tertiary/aromatic N) is 2. The predicted molar refractivity (Wildman–Crippen MR) is 141 cm³/mol. The van der Waals surface area contributed by atoms with Crippen molar-refractivity contribution in [2.45, 2.75) is 13.3 Å². The number of hydrogen-bond acceptors (Lipinski definition) is 9. The second-order valence-electron chi connectivity index (χ2n) is 8.13. The van der Waals surface area contributed by atoms with Crippen LogP contribution in [0.2, 0.25) is 0 Å². The van der Waals surface area contributed by atoms with Crippen molar-refractivity contribution in [1.29, 1.82) is 0 Å². The fraction of sp³-hybridized carbons (Fsp3) is 0.111. The number of carbonyl (C=O) groups excluding carboxylic acids is 4. The van der Waals surface area contributed by atoms with E-state index in [-0.39, 0.29) is 45.6 Å². The SMILES string of the molecule is CCCOC(=O)c1ccccc1N1C(=O)C(Cl)=C(Nc2ccc(C(=O)Oc3ccc([N+](=O)[O-])cc3)cc2)C1=O. The average Bonchev–Trinajstić information content (AvgIpc) is 3.15. The minimum atomic E-state index is -0.816. The third-order valence-corrected chi connectivity index (χ3v) is 5.83. The molecule has 0 saturated carbocycles. The average molecular weight is 550 g/mol. The van der Waals surface area contributed by atoms with Gasteiger partial charge in [0.1, 0.15) is 16.5 Å². The lowest BCUT2D eigenvalue weighted by Gasteiger charge is -2.18. The lowest BCUT2D eigenvalue weighted by molar-refractivity contribution is -0.384. The Balaban J connectivity index is 1.48. The zero-order valence-corrected chi connectivity index (χ0v) is 21.1. The van der Waals surface area contributed by atoms with Crippen LogP contribution in [0.1, 0.15) is 34.1 Å². The Morgan fingerprint density at radius 3 is 2.26 bits per heavy atom. The normalized spacial score (nSPS) is 12.9. The summed E-state index contributed by atoms with van der Waals surface area (Å²) in [6.07, 6.45) is 0.602. The van der Waals surface area contributed by atoms with Gasteiger partial charge in [-0.15, -0.1) is 0 Å². The molecule has 11 nitrogen and oxygen atoms in total. The molecule has 0 atom stereocenters. The number of nitro benzene ring substituents is 1. The van der Waals surface area contributed by atoms with Crippen LogP contribution in [0, 0.1) is 10.1 Å². The molecule has 3 aromatic carbocycles. The molecule has 0 aliphatic carbocycles. The van der Waals surface area contributed by atoms with E-state index in [1.807, 2.05) is 6.92 Å². The minimum Gasteiger partial charge on any atom is -0.462 e. The molecule has 1 aliphatic heterocycles. The van der Waals surface area contributed by atoms with Crippen molar-refractivity contribution in [2.24, 2.45) is 0 Å². The van der Waals surface area contributed by atoms with Crippen LogP contribution >= 0.6 is 11.6 Å². The van der Waals surface area contributed by atoms with Crippen LogP contribution in [-0.4, -0.2) is 35.3 Å². The second-order valence-corrected chi connectivity index (χ2v) is 8.51. The number of ether oxygens (including phenoxy) is 2. The summed E-state index contributed by atoms with van der Waals surface area (Å²) in [5, 5.41) is 13.2. The molecule has 0 radical (unpaired) electrons. The number of para-hydroxylation sites is 1. The number of rotatable bonds is 9. The zero-order valence-electron chi connectivity index (χ0n) is 20.4. The molecule has 0 saturated heterocycles. The first-order valence-corrected chi connectivity index (χ1v) is 12.0. The molecule has 4 rings (SSSR count). The number of esters is 2. The molecule has 2 amide bonds. The molecule has 1 heterocycles. The van der Waals surface area contributed by atoms with Gasteiger partial charge in [-0.1, -0.05) is 30.7 Å². The van der Waals surface area contributed by atoms with Crippen molar-refractivity contribution < 1.29 is 33.6 Å². The topological polar surface area (TPSA) is 145 Å². The number of carbonyl (C=O) groups is 4. The highest BCUT2D eigenvalue weighted by atomic mass is 35.5. The zero-order chi connectivity index (χ0) is 28.1. The summed E-state index contributed by atoms with van der Waals surface area (Å²) >= 11 is 6.21. The van der Waals surface area contributed by atoms with E-state index < -0.39 is 28.7 Å². The van der Waals surface area contributed by atoms with Gasteiger partial charge in [0, 0.05) is 17.8 Å². The molecule has 12 heteroatoms. The first kappa shape index (κ1) is 27.0. The third kappa shape index (κ3) is 5.78. The minimum absolute atomic E-state index is 0.0351. The molecule has 0 fully saturated rings. The van der Waals surface area contributed by atoms with Gasteiger partial charge in [-0.05, 0) is 55.0 Å². The number of hydrogen-bond donors (Lipinski definition) is 1. The van der Waals surface area contributed by atoms with Crippen LogP contribution in [0.4, 0.5) is 17.1 Å². The van der Waals surface area contributed by atoms with Crippen LogP contribution in [-0.2, 0) is 14.3 Å². The summed E-state index contributed by atoms with van der Waals surface area (Å²) in [6.45, 7) is 2.01. The van der Waals surface area contributed by atoms with E-state index in [0.29, 0.717) is 12.1 Å². The highest BCUT2D eigenvalue weighted by Crippen LogP contribution is 2.32. The monoisotopic (exact) mass is 549 g/mol. The van der Waals surface area contributed by atoms with Crippen molar-refractivity contribution in [3.8, 4) is 5.75 Å². The number of nitro groups is 1. The number of anilines is 2. The number of amides is 2. The molecule has 0 aromatic heterocycles. The molecular formula is C27H20ClN3O8. The fourth-order valence-corrected chi connectivity index (χ4v) is 3.79. The van der Waals surface area contributed by atoms with Gasteiger partial charge in [0.25, 0.3) is 17.5 Å². The Hall–Kier alpha value is -5.03. The van der Waals surface area contributed by atoms with Crippen LogP contribution in [0.25, 0.3) is 0 Å². The van der Waals surface area contributed by atoms with Crippen molar-refractivity contribution >= 4 is 52.4 Å². The van der Waals surface area contributed by atoms with Crippen LogP contribution < -0.4 is 15.0 Å². The van der Waals surface area contributed by atoms with E-state index in [9.17, 15) is 29.3 Å². The highest BCUT2D eigenvalue weighted by Gasteiger charge is 2.40. The lowest BCUT2D eigenvalue weighted by Crippen LogP contribution is -2.33. The molecule has 198 valence electrons. The van der Waals surface area contributed by atoms with Crippen molar-refractivity contribution in [3.05, 3.63) is 105 Å². The van der Waals surface area contributed by atoms with E-state index >= 15 is 0 Å². The number of non-ortho nitro benzene ring substituents is 1. The van der Waals surface area contributed by atoms with Gasteiger partial charge in [0.15, 0.2) is 0 Å². The summed E-state index contributed by atoms with van der Waals surface area (Å²) in [6, 6.07) is 16.8. The quantitative estimate of drug-likeness (QED) is 0.130. The van der Waals surface area contributed by atoms with Crippen molar-refractivity contribution in [2.75, 3.05) is 16.8 Å². The summed E-state index contributed by atoms with van der Waals surface area (Å²) in [7, 11) is 0. The highest BCUT2D eigenvalue weighted by molar-refractivity contribution is 6.53. The number of benzene rings is 3. The number of imide groups is 1.